The molecule has 0 spiro atoms. The van der Waals surface area contributed by atoms with Gasteiger partial charge in [0.25, 0.3) is 0 Å². The first-order valence-electron chi connectivity index (χ1n) is 22.0. The Hall–Kier alpha value is -8.60. The molecule has 0 unspecified atom stereocenters. The average molecular weight is 815 g/mol. The maximum absolute atomic E-state index is 2.49. The quantitative estimate of drug-likeness (QED) is 0.165. The van der Waals surface area contributed by atoms with Crippen molar-refractivity contribution < 1.29 is 0 Å². The monoisotopic (exact) mass is 814 g/mol. The number of fused-ring (bicyclic) bond motifs is 13. The van der Waals surface area contributed by atoms with Crippen LogP contribution in [0.2, 0.25) is 0 Å². The molecule has 0 aliphatic heterocycles. The summed E-state index contributed by atoms with van der Waals surface area (Å²) in [6, 6.07) is 84.4. The van der Waals surface area contributed by atoms with Crippen molar-refractivity contribution in [1.82, 2.24) is 18.3 Å². The van der Waals surface area contributed by atoms with Crippen molar-refractivity contribution >= 4 is 87.2 Å². The molecule has 14 aromatic rings. The van der Waals surface area contributed by atoms with Gasteiger partial charge < -0.3 is 18.3 Å². The molecule has 4 heteroatoms. The molecule has 0 atom stereocenters. The molecule has 64 heavy (non-hydrogen) atoms. The van der Waals surface area contributed by atoms with Crippen LogP contribution in [0.3, 0.4) is 0 Å². The van der Waals surface area contributed by atoms with E-state index in [-0.39, 0.29) is 0 Å². The Balaban J connectivity index is 1.00. The molecular weight excluding hydrogens is 777 g/mol. The molecule has 4 heterocycles. The van der Waals surface area contributed by atoms with Gasteiger partial charge in [0.2, 0.25) is 0 Å². The van der Waals surface area contributed by atoms with E-state index in [9.17, 15) is 0 Å². The fourth-order valence-corrected chi connectivity index (χ4v) is 10.8. The van der Waals surface area contributed by atoms with Crippen molar-refractivity contribution in [2.45, 2.75) is 0 Å². The van der Waals surface area contributed by atoms with Gasteiger partial charge in [-0.25, -0.2) is 0 Å². The predicted octanol–water partition coefficient (Wildman–Crippen LogP) is 15.7. The average Bonchev–Trinajstić information content (AvgIpc) is 4.09. The molecule has 14 rings (SSSR count). The number of hydrogen-bond acceptors (Lipinski definition) is 0. The molecule has 0 aliphatic carbocycles. The second kappa shape index (κ2) is 13.4. The largest absolute Gasteiger partial charge is 0.309 e. The number of hydrogen-bond donors (Lipinski definition) is 0. The van der Waals surface area contributed by atoms with E-state index < -0.39 is 0 Å². The highest BCUT2D eigenvalue weighted by atomic mass is 15.0. The van der Waals surface area contributed by atoms with Crippen LogP contribution in [0.5, 0.6) is 0 Å². The third-order valence-corrected chi connectivity index (χ3v) is 13.5. The van der Waals surface area contributed by atoms with E-state index >= 15 is 0 Å². The SMILES string of the molecule is c1ccc(-c2cccc(-n3c4ccccc4c4ccc5c(c6ccccc6n5-c5ccc6c(c5)c5ccccc5n6-c5ccc6c(c5)c5ccccc5n6-c5ccccc5)c43)c2)cc1. The summed E-state index contributed by atoms with van der Waals surface area (Å²) in [5.41, 5.74) is 16.5. The molecule has 10 aromatic carbocycles. The highest BCUT2D eigenvalue weighted by Crippen LogP contribution is 2.44. The minimum atomic E-state index is 1.14. The first-order valence-corrected chi connectivity index (χ1v) is 22.0. The molecule has 0 N–H and O–H groups in total. The lowest BCUT2D eigenvalue weighted by Gasteiger charge is -2.12. The Kier molecular flexibility index (Phi) is 7.36. The Morgan fingerprint density at radius 3 is 1.23 bits per heavy atom. The molecule has 0 amide bonds. The van der Waals surface area contributed by atoms with E-state index in [0.29, 0.717) is 0 Å². The lowest BCUT2D eigenvalue weighted by atomic mass is 10.0. The molecular formula is C60H38N4. The van der Waals surface area contributed by atoms with Crippen LogP contribution < -0.4 is 0 Å². The van der Waals surface area contributed by atoms with E-state index in [1.807, 2.05) is 0 Å². The highest BCUT2D eigenvalue weighted by Gasteiger charge is 2.22. The van der Waals surface area contributed by atoms with Crippen LogP contribution in [0.15, 0.2) is 231 Å². The van der Waals surface area contributed by atoms with Crippen LogP contribution in [-0.4, -0.2) is 18.3 Å². The van der Waals surface area contributed by atoms with E-state index in [1.165, 1.54) is 98.4 Å². The summed E-state index contributed by atoms with van der Waals surface area (Å²) in [7, 11) is 0. The van der Waals surface area contributed by atoms with Gasteiger partial charge in [0, 0.05) is 65.8 Å². The summed E-state index contributed by atoms with van der Waals surface area (Å²) in [5, 5.41) is 9.91. The Morgan fingerprint density at radius 1 is 0.203 bits per heavy atom. The van der Waals surface area contributed by atoms with Crippen LogP contribution in [0, 0.1) is 0 Å². The number of para-hydroxylation sites is 5. The third-order valence-electron chi connectivity index (χ3n) is 13.5. The molecule has 0 aliphatic rings. The van der Waals surface area contributed by atoms with Gasteiger partial charge in [-0.1, -0.05) is 140 Å². The van der Waals surface area contributed by atoms with E-state index in [0.717, 1.165) is 22.7 Å². The fraction of sp³-hybridized carbons (Fsp3) is 0. The van der Waals surface area contributed by atoms with Gasteiger partial charge in [0.15, 0.2) is 0 Å². The second-order valence-corrected chi connectivity index (χ2v) is 16.9. The minimum absolute atomic E-state index is 1.14. The summed E-state index contributed by atoms with van der Waals surface area (Å²) < 4.78 is 9.79. The maximum Gasteiger partial charge on any atom is 0.0641 e. The van der Waals surface area contributed by atoms with Gasteiger partial charge >= 0.3 is 0 Å². The summed E-state index contributed by atoms with van der Waals surface area (Å²) in [6.45, 7) is 0. The first-order chi connectivity index (χ1) is 31.8. The molecule has 0 fully saturated rings. The van der Waals surface area contributed by atoms with E-state index in [1.54, 1.807) is 0 Å². The van der Waals surface area contributed by atoms with Crippen molar-refractivity contribution in [3.63, 3.8) is 0 Å². The fourth-order valence-electron chi connectivity index (χ4n) is 10.8. The number of rotatable bonds is 5. The Morgan fingerprint density at radius 2 is 0.609 bits per heavy atom. The van der Waals surface area contributed by atoms with Gasteiger partial charge in [-0.2, -0.15) is 0 Å². The van der Waals surface area contributed by atoms with E-state index in [4.69, 9.17) is 0 Å². The number of benzene rings is 10. The zero-order valence-corrected chi connectivity index (χ0v) is 34.7. The molecule has 0 saturated heterocycles. The van der Waals surface area contributed by atoms with Crippen LogP contribution in [0.4, 0.5) is 0 Å². The second-order valence-electron chi connectivity index (χ2n) is 16.9. The summed E-state index contributed by atoms with van der Waals surface area (Å²) in [6.07, 6.45) is 0. The Bertz CT molecular complexity index is 4180. The summed E-state index contributed by atoms with van der Waals surface area (Å²) in [5.74, 6) is 0. The molecule has 0 radical (unpaired) electrons. The molecule has 4 nitrogen and oxygen atoms in total. The molecule has 0 saturated carbocycles. The highest BCUT2D eigenvalue weighted by molar-refractivity contribution is 6.26. The van der Waals surface area contributed by atoms with Gasteiger partial charge in [-0.3, -0.25) is 0 Å². The smallest absolute Gasteiger partial charge is 0.0641 e. The van der Waals surface area contributed by atoms with Crippen LogP contribution in [0.1, 0.15) is 0 Å². The lowest BCUT2D eigenvalue weighted by molar-refractivity contribution is 1.16. The molecule has 0 bridgehead atoms. The van der Waals surface area contributed by atoms with Crippen molar-refractivity contribution in [2.75, 3.05) is 0 Å². The zero-order valence-electron chi connectivity index (χ0n) is 34.7. The molecule has 298 valence electrons. The van der Waals surface area contributed by atoms with Crippen molar-refractivity contribution in [1.29, 1.82) is 0 Å². The molecule has 4 aromatic heterocycles. The van der Waals surface area contributed by atoms with Crippen molar-refractivity contribution in [2.24, 2.45) is 0 Å². The van der Waals surface area contributed by atoms with Crippen LogP contribution in [-0.2, 0) is 0 Å². The topological polar surface area (TPSA) is 19.7 Å². The van der Waals surface area contributed by atoms with Gasteiger partial charge in [-0.15, -0.1) is 0 Å². The van der Waals surface area contributed by atoms with Crippen molar-refractivity contribution in [3.8, 4) is 33.9 Å². The Labute approximate surface area is 368 Å². The van der Waals surface area contributed by atoms with Crippen LogP contribution >= 0.6 is 0 Å². The number of aromatic nitrogens is 4. The van der Waals surface area contributed by atoms with Gasteiger partial charge in [-0.05, 0) is 102 Å². The van der Waals surface area contributed by atoms with Gasteiger partial charge in [0.05, 0.1) is 44.1 Å². The summed E-state index contributed by atoms with van der Waals surface area (Å²) in [4.78, 5) is 0. The predicted molar refractivity (Wildman–Crippen MR) is 269 cm³/mol. The lowest BCUT2D eigenvalue weighted by Crippen LogP contribution is -1.97. The zero-order chi connectivity index (χ0) is 41.9. The normalized spacial score (nSPS) is 12.1. The maximum atomic E-state index is 2.49. The van der Waals surface area contributed by atoms with Crippen molar-refractivity contribution in [3.05, 3.63) is 231 Å². The van der Waals surface area contributed by atoms with Crippen LogP contribution in [0.25, 0.3) is 121 Å². The van der Waals surface area contributed by atoms with Gasteiger partial charge in [0.1, 0.15) is 0 Å². The summed E-state index contributed by atoms with van der Waals surface area (Å²) >= 11 is 0. The third kappa shape index (κ3) is 4.93. The number of nitrogens with zero attached hydrogens (tertiary/aromatic N) is 4. The minimum Gasteiger partial charge on any atom is -0.309 e. The first kappa shape index (κ1) is 35.0. The standard InChI is InChI=1S/C60H38N4/c1-3-16-39(17-4-1)40-18-15-21-42(36-40)64-54-28-13-7-22-45(54)48-32-35-58-59(60(48)64)49-25-10-14-29-55(49)63(58)44-31-34-57-51(38-44)47-24-9-12-27-53(47)62(57)43-30-33-56-50(37-43)46-23-8-11-26-52(46)61(56)41-19-5-2-6-20-41/h1-38H. The van der Waals surface area contributed by atoms with E-state index in [2.05, 4.69) is 249 Å².